The molecule has 0 aliphatic heterocycles. The number of nitrogens with zero attached hydrogens (tertiary/aromatic N) is 1. The van der Waals surface area contributed by atoms with Gasteiger partial charge < -0.3 is 9.64 Å². The molecule has 0 heterocycles. The highest BCUT2D eigenvalue weighted by Crippen LogP contribution is 1.93. The fourth-order valence-electron chi connectivity index (χ4n) is 0.812. The van der Waals surface area contributed by atoms with E-state index in [1.165, 1.54) is 7.11 Å². The Kier molecular flexibility index (Phi) is 6.41. The predicted molar refractivity (Wildman–Crippen MR) is 53.2 cm³/mol. The second kappa shape index (κ2) is 6.72. The summed E-state index contributed by atoms with van der Waals surface area (Å²) in [6.45, 7) is 0.670. The average molecular weight is 240 g/mol. The van der Waals surface area contributed by atoms with Crippen molar-refractivity contribution in [2.45, 2.75) is 6.42 Å². The van der Waals surface area contributed by atoms with Gasteiger partial charge in [0.25, 0.3) is 10.1 Å². The molecule has 0 rings (SSSR count). The van der Waals surface area contributed by atoms with Gasteiger partial charge >= 0.3 is 5.97 Å². The maximum absolute atomic E-state index is 10.8. The van der Waals surface area contributed by atoms with Crippen molar-refractivity contribution in [3.05, 3.63) is 0 Å². The van der Waals surface area contributed by atoms with Crippen LogP contribution in [0.15, 0.2) is 0 Å². The van der Waals surface area contributed by atoms with Gasteiger partial charge in [-0.2, -0.15) is 18.6 Å². The highest BCUT2D eigenvalue weighted by Gasteiger charge is 2.11. The van der Waals surface area contributed by atoms with Crippen LogP contribution in [0.4, 0.5) is 0 Å². The molecule has 0 radical (unpaired) electrons. The summed E-state index contributed by atoms with van der Waals surface area (Å²) >= 11 is 0. The minimum atomic E-state index is -3.64. The summed E-state index contributed by atoms with van der Waals surface area (Å²) < 4.78 is 29.9. The van der Waals surface area contributed by atoms with Gasteiger partial charge in [0.2, 0.25) is 0 Å². The smallest absolute Gasteiger partial charge is 0.306 e. The summed E-state index contributed by atoms with van der Waals surface area (Å²) in [5.41, 5.74) is 0. The van der Waals surface area contributed by atoms with E-state index in [-0.39, 0.29) is 24.7 Å². The number of hydrogen-bond acceptors (Lipinski definition) is 7. The molecule has 0 aromatic carbocycles. The monoisotopic (exact) mass is 240 g/mol. The highest BCUT2D eigenvalue weighted by atomic mass is 32.2. The molecule has 2 N–H and O–H groups in total. The van der Waals surface area contributed by atoms with E-state index in [0.29, 0.717) is 6.54 Å². The zero-order chi connectivity index (χ0) is 11.9. The van der Waals surface area contributed by atoms with Crippen molar-refractivity contribution in [1.29, 1.82) is 0 Å². The van der Waals surface area contributed by atoms with Crippen molar-refractivity contribution in [3.63, 3.8) is 0 Å². The van der Waals surface area contributed by atoms with Crippen LogP contribution in [-0.2, 0) is 23.9 Å². The van der Waals surface area contributed by atoms with E-state index in [2.05, 4.69) is 14.9 Å². The first-order chi connectivity index (χ1) is 6.91. The number of carbonyl (C=O) groups excluding carboxylic acids is 1. The molecule has 0 saturated carbocycles. The summed E-state index contributed by atoms with van der Waals surface area (Å²) in [7, 11) is -0.649. The summed E-state index contributed by atoms with van der Waals surface area (Å²) in [5, 5.41) is 0. The second-order valence-electron chi connectivity index (χ2n) is 2.99. The summed E-state index contributed by atoms with van der Waals surface area (Å²) in [6, 6.07) is 0. The Morgan fingerprint density at radius 3 is 2.47 bits per heavy atom. The molecule has 0 aliphatic rings. The SMILES string of the molecule is COC(=O)CCN(C)CCS(=O)(=O)ON. The number of methoxy groups -OCH3 is 1. The predicted octanol–water partition coefficient (Wildman–Crippen LogP) is -1.30. The summed E-state index contributed by atoms with van der Waals surface area (Å²) in [6.07, 6.45) is 0.219. The Balaban J connectivity index is 3.76. The molecule has 90 valence electrons. The minimum Gasteiger partial charge on any atom is -0.469 e. The molecule has 0 unspecified atom stereocenters. The van der Waals surface area contributed by atoms with E-state index in [9.17, 15) is 13.2 Å². The third-order valence-electron chi connectivity index (χ3n) is 1.79. The molecule has 0 amide bonds. The Bertz CT molecular complexity index is 290. The van der Waals surface area contributed by atoms with E-state index in [1.807, 2.05) is 0 Å². The van der Waals surface area contributed by atoms with Gasteiger partial charge in [-0.05, 0) is 7.05 Å². The first-order valence-electron chi connectivity index (χ1n) is 4.27. The zero-order valence-corrected chi connectivity index (χ0v) is 9.62. The number of ether oxygens (including phenoxy) is 1. The van der Waals surface area contributed by atoms with Gasteiger partial charge in [0.1, 0.15) is 0 Å². The first kappa shape index (κ1) is 14.3. The van der Waals surface area contributed by atoms with Crippen LogP contribution < -0.4 is 5.90 Å². The fraction of sp³-hybridized carbons (Fsp3) is 0.857. The van der Waals surface area contributed by atoms with Crippen LogP contribution in [0.25, 0.3) is 0 Å². The summed E-state index contributed by atoms with van der Waals surface area (Å²) in [5.74, 6) is 4.01. The van der Waals surface area contributed by atoms with Gasteiger partial charge in [-0.1, -0.05) is 0 Å². The number of rotatable bonds is 7. The Morgan fingerprint density at radius 1 is 1.40 bits per heavy atom. The van der Waals surface area contributed by atoms with Gasteiger partial charge in [0, 0.05) is 13.1 Å². The van der Waals surface area contributed by atoms with Crippen molar-refractivity contribution in [2.24, 2.45) is 5.90 Å². The quantitative estimate of drug-likeness (QED) is 0.436. The van der Waals surface area contributed by atoms with Crippen LogP contribution in [0.1, 0.15) is 6.42 Å². The standard InChI is InChI=1S/C7H16N2O5S/c1-9(4-3-7(10)13-2)5-6-15(11,12)14-8/h3-6,8H2,1-2H3. The Morgan fingerprint density at radius 2 is 2.00 bits per heavy atom. The van der Waals surface area contributed by atoms with E-state index in [0.717, 1.165) is 0 Å². The molecule has 0 fully saturated rings. The third-order valence-corrected chi connectivity index (χ3v) is 2.77. The maximum atomic E-state index is 10.8. The lowest BCUT2D eigenvalue weighted by Crippen LogP contribution is -2.29. The van der Waals surface area contributed by atoms with Crippen LogP contribution in [-0.4, -0.2) is 52.3 Å². The normalized spacial score (nSPS) is 11.7. The third kappa shape index (κ3) is 7.25. The van der Waals surface area contributed by atoms with Crippen molar-refractivity contribution in [1.82, 2.24) is 4.90 Å². The van der Waals surface area contributed by atoms with E-state index < -0.39 is 10.1 Å². The largest absolute Gasteiger partial charge is 0.469 e. The molecule has 0 aromatic rings. The maximum Gasteiger partial charge on any atom is 0.306 e. The molecule has 0 aliphatic carbocycles. The van der Waals surface area contributed by atoms with Gasteiger partial charge in [-0.3, -0.25) is 4.79 Å². The fourth-order valence-corrected chi connectivity index (χ4v) is 1.44. The molecule has 0 spiro atoms. The molecular formula is C7H16N2O5S. The highest BCUT2D eigenvalue weighted by molar-refractivity contribution is 7.86. The van der Waals surface area contributed by atoms with Crippen LogP contribution in [0.2, 0.25) is 0 Å². The molecule has 0 saturated heterocycles. The Labute approximate surface area is 89.2 Å². The van der Waals surface area contributed by atoms with E-state index in [4.69, 9.17) is 0 Å². The van der Waals surface area contributed by atoms with Gasteiger partial charge in [-0.25, -0.2) is 0 Å². The Hall–Kier alpha value is -0.700. The van der Waals surface area contributed by atoms with Crippen molar-refractivity contribution < 1.29 is 22.2 Å². The van der Waals surface area contributed by atoms with Crippen molar-refractivity contribution in [3.8, 4) is 0 Å². The molecule has 0 bridgehead atoms. The lowest BCUT2D eigenvalue weighted by Gasteiger charge is -2.14. The van der Waals surface area contributed by atoms with Crippen LogP contribution in [0, 0.1) is 0 Å². The van der Waals surface area contributed by atoms with Crippen LogP contribution in [0.3, 0.4) is 0 Å². The zero-order valence-electron chi connectivity index (χ0n) is 8.80. The van der Waals surface area contributed by atoms with Crippen LogP contribution >= 0.6 is 0 Å². The van der Waals surface area contributed by atoms with Crippen molar-refractivity contribution in [2.75, 3.05) is 33.0 Å². The van der Waals surface area contributed by atoms with Gasteiger partial charge in [0.15, 0.2) is 0 Å². The lowest BCUT2D eigenvalue weighted by atomic mass is 10.4. The molecule has 7 nitrogen and oxygen atoms in total. The molecule has 15 heavy (non-hydrogen) atoms. The topological polar surface area (TPSA) is 98.9 Å². The first-order valence-corrected chi connectivity index (χ1v) is 5.85. The molecule has 8 heteroatoms. The summed E-state index contributed by atoms with van der Waals surface area (Å²) in [4.78, 5) is 12.4. The minimum absolute atomic E-state index is 0.207. The molecular weight excluding hydrogens is 224 g/mol. The van der Waals surface area contributed by atoms with Gasteiger partial charge in [-0.15, -0.1) is 0 Å². The molecule has 0 aromatic heterocycles. The number of hydrogen-bond donors (Lipinski definition) is 1. The number of carbonyl (C=O) groups is 1. The lowest BCUT2D eigenvalue weighted by molar-refractivity contribution is -0.140. The van der Waals surface area contributed by atoms with E-state index >= 15 is 0 Å². The average Bonchev–Trinajstić information content (AvgIpc) is 2.23. The van der Waals surface area contributed by atoms with Gasteiger partial charge in [0.05, 0.1) is 19.3 Å². The van der Waals surface area contributed by atoms with E-state index in [1.54, 1.807) is 11.9 Å². The van der Waals surface area contributed by atoms with Crippen molar-refractivity contribution >= 4 is 16.1 Å². The van der Waals surface area contributed by atoms with Crippen LogP contribution in [0.5, 0.6) is 0 Å². The molecule has 0 atom stereocenters. The second-order valence-corrected chi connectivity index (χ2v) is 4.70. The number of esters is 1. The number of nitrogens with two attached hydrogens (primary N) is 1.